The number of halogens is 3. The average molecular weight is 370 g/mol. The summed E-state index contributed by atoms with van der Waals surface area (Å²) in [5, 5.41) is 0.672. The number of carbonyl (C=O) groups excluding carboxylic acids is 1. The molecule has 1 amide bonds. The van der Waals surface area contributed by atoms with Crippen LogP contribution in [0, 0.1) is 3.57 Å². The Labute approximate surface area is 118 Å². The molecule has 0 radical (unpaired) electrons. The Morgan fingerprint density at radius 2 is 2.25 bits per heavy atom. The molecule has 0 aliphatic carbocycles. The number of hydrogen-bond donors (Lipinski definition) is 0. The second-order valence-corrected chi connectivity index (χ2v) is 5.98. The number of hydrogen-bond acceptors (Lipinski definition) is 1. The van der Waals surface area contributed by atoms with Gasteiger partial charge in [-0.2, -0.15) is 0 Å². The van der Waals surface area contributed by atoms with Gasteiger partial charge in [-0.1, -0.05) is 11.6 Å². The Balaban J connectivity index is 2.23. The van der Waals surface area contributed by atoms with Crippen molar-refractivity contribution in [2.75, 3.05) is 13.1 Å². The lowest BCUT2D eigenvalue weighted by molar-refractivity contribution is 0.0792. The van der Waals surface area contributed by atoms with E-state index in [0.29, 0.717) is 17.1 Å². The Hall–Kier alpha value is -0.000000000000000111. The molecule has 0 aromatic heterocycles. The Morgan fingerprint density at radius 3 is 2.88 bits per heavy atom. The van der Waals surface area contributed by atoms with E-state index in [0.717, 1.165) is 16.5 Å². The van der Waals surface area contributed by atoms with Crippen LogP contribution in [0.2, 0.25) is 5.02 Å². The molecular weight excluding hydrogens is 360 g/mol. The lowest BCUT2D eigenvalue weighted by Crippen LogP contribution is -2.29. The SMILES string of the molecule is O=C(c1cc(Cl)ccc1I)N1CCC(Cl)C1. The Kier molecular flexibility index (Phi) is 3.97. The molecule has 1 saturated heterocycles. The van der Waals surface area contributed by atoms with Crippen LogP contribution in [0.5, 0.6) is 0 Å². The predicted octanol–water partition coefficient (Wildman–Crippen LogP) is 3.40. The Morgan fingerprint density at radius 1 is 1.50 bits per heavy atom. The van der Waals surface area contributed by atoms with Gasteiger partial charge in [0, 0.05) is 21.7 Å². The van der Waals surface area contributed by atoms with Crippen molar-refractivity contribution >= 4 is 51.7 Å². The molecule has 1 unspecified atom stereocenters. The molecule has 1 aromatic carbocycles. The summed E-state index contributed by atoms with van der Waals surface area (Å²) in [7, 11) is 0. The summed E-state index contributed by atoms with van der Waals surface area (Å²) in [6.45, 7) is 1.36. The number of alkyl halides is 1. The largest absolute Gasteiger partial charge is 0.337 e. The lowest BCUT2D eigenvalue weighted by atomic mass is 10.2. The fourth-order valence-corrected chi connectivity index (χ4v) is 2.74. The summed E-state index contributed by atoms with van der Waals surface area (Å²) in [6.07, 6.45) is 0.866. The molecule has 0 bridgehead atoms. The van der Waals surface area contributed by atoms with E-state index >= 15 is 0 Å². The maximum Gasteiger partial charge on any atom is 0.255 e. The van der Waals surface area contributed by atoms with Gasteiger partial charge in [0.2, 0.25) is 0 Å². The molecule has 1 atom stereocenters. The summed E-state index contributed by atoms with van der Waals surface area (Å²) in [4.78, 5) is 14.0. The van der Waals surface area contributed by atoms with Gasteiger partial charge >= 0.3 is 0 Å². The van der Waals surface area contributed by atoms with Crippen molar-refractivity contribution in [1.29, 1.82) is 0 Å². The van der Waals surface area contributed by atoms with Gasteiger partial charge < -0.3 is 4.90 Å². The molecule has 0 N–H and O–H groups in total. The first kappa shape index (κ1) is 12.5. The molecule has 1 fully saturated rings. The summed E-state index contributed by atoms with van der Waals surface area (Å²) in [6, 6.07) is 5.35. The maximum atomic E-state index is 12.2. The molecule has 1 aliphatic heterocycles. The zero-order valence-corrected chi connectivity index (χ0v) is 12.1. The highest BCUT2D eigenvalue weighted by atomic mass is 127. The molecule has 5 heteroatoms. The highest BCUT2D eigenvalue weighted by Crippen LogP contribution is 2.22. The minimum Gasteiger partial charge on any atom is -0.337 e. The van der Waals surface area contributed by atoms with Gasteiger partial charge in [-0.25, -0.2) is 0 Å². The van der Waals surface area contributed by atoms with Gasteiger partial charge in [0.25, 0.3) is 5.91 Å². The highest BCUT2D eigenvalue weighted by molar-refractivity contribution is 14.1. The van der Waals surface area contributed by atoms with E-state index in [1.807, 2.05) is 6.07 Å². The van der Waals surface area contributed by atoms with Crippen molar-refractivity contribution in [3.05, 3.63) is 32.4 Å². The lowest BCUT2D eigenvalue weighted by Gasteiger charge is -2.16. The zero-order chi connectivity index (χ0) is 11.7. The van der Waals surface area contributed by atoms with Crippen LogP contribution in [0.25, 0.3) is 0 Å². The molecular formula is C11H10Cl2INO. The smallest absolute Gasteiger partial charge is 0.255 e. The third-order valence-electron chi connectivity index (χ3n) is 2.58. The van der Waals surface area contributed by atoms with Crippen LogP contribution in [-0.2, 0) is 0 Å². The van der Waals surface area contributed by atoms with Crippen LogP contribution in [0.4, 0.5) is 0 Å². The number of rotatable bonds is 1. The first-order valence-corrected chi connectivity index (χ1v) is 6.85. The molecule has 2 nitrogen and oxygen atoms in total. The molecule has 0 saturated carbocycles. The Bertz CT molecular complexity index is 424. The van der Waals surface area contributed by atoms with Crippen molar-refractivity contribution in [2.45, 2.75) is 11.8 Å². The van der Waals surface area contributed by atoms with Crippen molar-refractivity contribution in [1.82, 2.24) is 4.90 Å². The monoisotopic (exact) mass is 369 g/mol. The van der Waals surface area contributed by atoms with E-state index in [-0.39, 0.29) is 11.3 Å². The summed E-state index contributed by atoms with van der Waals surface area (Å²) in [5.41, 5.74) is 0.666. The van der Waals surface area contributed by atoms with Crippen LogP contribution < -0.4 is 0 Å². The van der Waals surface area contributed by atoms with Crippen molar-refractivity contribution < 1.29 is 4.79 Å². The topological polar surface area (TPSA) is 20.3 Å². The number of benzene rings is 1. The van der Waals surface area contributed by atoms with Gasteiger partial charge in [0.15, 0.2) is 0 Å². The van der Waals surface area contributed by atoms with Crippen LogP contribution in [0.15, 0.2) is 18.2 Å². The van der Waals surface area contributed by atoms with Crippen LogP contribution in [0.1, 0.15) is 16.8 Å². The fraction of sp³-hybridized carbons (Fsp3) is 0.364. The summed E-state index contributed by atoms with van der Waals surface area (Å²) in [5.74, 6) is 0.0232. The van der Waals surface area contributed by atoms with Crippen molar-refractivity contribution in [3.63, 3.8) is 0 Å². The van der Waals surface area contributed by atoms with Crippen LogP contribution in [-0.4, -0.2) is 29.3 Å². The first-order chi connectivity index (χ1) is 7.58. The average Bonchev–Trinajstić information content (AvgIpc) is 2.67. The number of likely N-dealkylation sites (tertiary alicyclic amines) is 1. The van der Waals surface area contributed by atoms with E-state index in [1.54, 1.807) is 17.0 Å². The third-order valence-corrected chi connectivity index (χ3v) is 4.11. The molecule has 0 spiro atoms. The van der Waals surface area contributed by atoms with Gasteiger partial charge in [-0.15, -0.1) is 11.6 Å². The van der Waals surface area contributed by atoms with Crippen molar-refractivity contribution in [2.24, 2.45) is 0 Å². The molecule has 86 valence electrons. The predicted molar refractivity (Wildman–Crippen MR) is 74.3 cm³/mol. The summed E-state index contributed by atoms with van der Waals surface area (Å²) < 4.78 is 0.921. The van der Waals surface area contributed by atoms with Crippen molar-refractivity contribution in [3.8, 4) is 0 Å². The second-order valence-electron chi connectivity index (χ2n) is 3.76. The number of amides is 1. The quantitative estimate of drug-likeness (QED) is 0.548. The molecule has 1 heterocycles. The normalized spacial score (nSPS) is 20.2. The minimum atomic E-state index is 0.0232. The molecule has 16 heavy (non-hydrogen) atoms. The standard InChI is InChI=1S/C11H10Cl2INO/c12-7-1-2-10(14)9(5-7)11(16)15-4-3-8(13)6-15/h1-2,5,8H,3-4,6H2. The number of carbonyl (C=O) groups is 1. The van der Waals surface area contributed by atoms with Crippen LogP contribution in [0.3, 0.4) is 0 Å². The highest BCUT2D eigenvalue weighted by Gasteiger charge is 2.26. The minimum absolute atomic E-state index is 0.0232. The number of nitrogens with zero attached hydrogens (tertiary/aromatic N) is 1. The molecule has 1 aromatic rings. The molecule has 2 rings (SSSR count). The van der Waals surface area contributed by atoms with E-state index in [2.05, 4.69) is 22.6 Å². The fourth-order valence-electron chi connectivity index (χ4n) is 1.73. The first-order valence-electron chi connectivity index (χ1n) is 4.96. The van der Waals surface area contributed by atoms with Gasteiger partial charge in [0.1, 0.15) is 0 Å². The second kappa shape index (κ2) is 5.10. The van der Waals surface area contributed by atoms with E-state index < -0.39 is 0 Å². The van der Waals surface area contributed by atoms with Crippen LogP contribution >= 0.6 is 45.8 Å². The zero-order valence-electron chi connectivity index (χ0n) is 8.42. The van der Waals surface area contributed by atoms with Gasteiger partial charge in [0.05, 0.1) is 10.9 Å². The summed E-state index contributed by atoms with van der Waals surface area (Å²) >= 11 is 14.0. The third kappa shape index (κ3) is 2.63. The van der Waals surface area contributed by atoms with E-state index in [9.17, 15) is 4.79 Å². The van der Waals surface area contributed by atoms with Gasteiger partial charge in [-0.3, -0.25) is 4.79 Å². The maximum absolute atomic E-state index is 12.2. The van der Waals surface area contributed by atoms with Gasteiger partial charge in [-0.05, 0) is 47.2 Å². The van der Waals surface area contributed by atoms with E-state index in [4.69, 9.17) is 23.2 Å². The van der Waals surface area contributed by atoms with E-state index in [1.165, 1.54) is 0 Å². The molecule has 1 aliphatic rings.